The van der Waals surface area contributed by atoms with Crippen LogP contribution in [0.1, 0.15) is 12.0 Å². The summed E-state index contributed by atoms with van der Waals surface area (Å²) in [6.45, 7) is 0.580. The van der Waals surface area contributed by atoms with Crippen molar-refractivity contribution >= 4 is 34.6 Å². The van der Waals surface area contributed by atoms with Crippen molar-refractivity contribution < 1.29 is 14.7 Å². The Morgan fingerprint density at radius 1 is 1.42 bits per heavy atom. The zero-order valence-electron chi connectivity index (χ0n) is 14.3. The number of nitrogens with two attached hydrogens (primary N) is 1. The van der Waals surface area contributed by atoms with E-state index < -0.39 is 11.8 Å². The minimum Gasteiger partial charge on any atom is -0.398 e. The van der Waals surface area contributed by atoms with Crippen LogP contribution in [0.3, 0.4) is 0 Å². The molecule has 0 aromatic carbocycles. The second kappa shape index (κ2) is 7.32. The third kappa shape index (κ3) is 3.02. The van der Waals surface area contributed by atoms with Crippen LogP contribution >= 0.6 is 0 Å². The van der Waals surface area contributed by atoms with Crippen LogP contribution in [0.4, 0.5) is 0 Å². The van der Waals surface area contributed by atoms with E-state index in [2.05, 4.69) is 15.3 Å². The first kappa shape index (κ1) is 17.6. The highest BCUT2D eigenvalue weighted by atomic mass is 16.3. The molecule has 2 amide bonds. The number of hydrogen-bond donors (Lipinski definition) is 3. The van der Waals surface area contributed by atoms with Crippen LogP contribution < -0.4 is 11.1 Å². The lowest BCUT2D eigenvalue weighted by atomic mass is 9.99. The number of carbonyl (C=O) groups excluding carboxylic acids is 2. The molecule has 8 heteroatoms. The molecule has 0 radical (unpaired) electrons. The van der Waals surface area contributed by atoms with Gasteiger partial charge in [-0.3, -0.25) is 19.9 Å². The lowest BCUT2D eigenvalue weighted by Crippen LogP contribution is -2.24. The number of aryl methyl sites for hydroxylation is 1. The quantitative estimate of drug-likeness (QED) is 0.511. The summed E-state index contributed by atoms with van der Waals surface area (Å²) in [4.78, 5) is 32.9. The van der Waals surface area contributed by atoms with E-state index in [9.17, 15) is 9.59 Å². The van der Waals surface area contributed by atoms with Gasteiger partial charge >= 0.3 is 0 Å². The van der Waals surface area contributed by atoms with E-state index in [1.807, 2.05) is 10.6 Å². The highest BCUT2D eigenvalue weighted by molar-refractivity contribution is 6.38. The average molecular weight is 353 g/mol. The molecule has 134 valence electrons. The summed E-state index contributed by atoms with van der Waals surface area (Å²) in [5, 5.41) is 12.1. The lowest BCUT2D eigenvalue weighted by Gasteiger charge is -2.03. The van der Waals surface area contributed by atoms with Crippen LogP contribution in [-0.2, 0) is 16.1 Å². The maximum atomic E-state index is 12.5. The van der Waals surface area contributed by atoms with Crippen LogP contribution in [0.5, 0.6) is 0 Å². The van der Waals surface area contributed by atoms with E-state index in [-0.39, 0.29) is 23.5 Å². The van der Waals surface area contributed by atoms with Crippen molar-refractivity contribution in [1.82, 2.24) is 14.9 Å². The predicted molar refractivity (Wildman–Crippen MR) is 98.2 cm³/mol. The van der Waals surface area contributed by atoms with Crippen molar-refractivity contribution in [1.29, 1.82) is 0 Å². The number of aliphatic hydroxyl groups is 1. The zero-order valence-corrected chi connectivity index (χ0v) is 14.3. The molecule has 0 saturated heterocycles. The topological polar surface area (TPSA) is 123 Å². The number of nitrogens with zero attached hydrogens (tertiary/aromatic N) is 3. The molecule has 0 aliphatic carbocycles. The Bertz CT molecular complexity index is 968. The molecule has 3 heterocycles. The highest BCUT2D eigenvalue weighted by Gasteiger charge is 2.34. The fourth-order valence-electron chi connectivity index (χ4n) is 2.96. The molecule has 2 aromatic heterocycles. The van der Waals surface area contributed by atoms with E-state index in [4.69, 9.17) is 10.8 Å². The van der Waals surface area contributed by atoms with Crippen LogP contribution in [0.2, 0.25) is 0 Å². The number of carbonyl (C=O) groups is 2. The summed E-state index contributed by atoms with van der Waals surface area (Å²) in [5.41, 5.74) is 7.77. The number of amides is 2. The number of nitrogens with one attached hydrogen (secondary N) is 1. The number of pyridine rings is 1. The Labute approximate surface area is 149 Å². The first-order chi connectivity index (χ1) is 12.6. The van der Waals surface area contributed by atoms with Crippen LogP contribution in [-0.4, -0.2) is 46.3 Å². The van der Waals surface area contributed by atoms with E-state index in [1.165, 1.54) is 12.3 Å². The largest absolute Gasteiger partial charge is 0.398 e. The normalized spacial score (nSPS) is 15.5. The molecule has 4 N–H and O–H groups in total. The third-order valence-corrected chi connectivity index (χ3v) is 4.08. The molecule has 1 aliphatic rings. The molecule has 1 aliphatic heterocycles. The number of aliphatic imine (C=N–C) groups is 1. The SMILES string of the molecule is CN=CC=C(N)C1=C(c2cn(CCCO)c3ncccc23)C(=O)NC1=O. The van der Waals surface area contributed by atoms with Gasteiger partial charge in [-0.15, -0.1) is 0 Å². The van der Waals surface area contributed by atoms with E-state index >= 15 is 0 Å². The Kier molecular flexibility index (Phi) is 4.94. The standard InChI is InChI=1S/C18H19N5O3/c1-20-7-5-13(19)15-14(17(25)22-18(15)26)12-10-23(8-3-9-24)16-11(12)4-2-6-21-16/h2,4-7,10,24H,3,8-9,19H2,1H3,(H,22,25,26). The summed E-state index contributed by atoms with van der Waals surface area (Å²) >= 11 is 0. The molecule has 0 fully saturated rings. The van der Waals surface area contributed by atoms with E-state index in [0.29, 0.717) is 24.2 Å². The summed E-state index contributed by atoms with van der Waals surface area (Å²) in [6.07, 6.45) is 6.91. The van der Waals surface area contributed by atoms with Gasteiger partial charge in [-0.25, -0.2) is 4.98 Å². The van der Waals surface area contributed by atoms with Crippen LogP contribution in [0.15, 0.2) is 46.9 Å². The second-order valence-corrected chi connectivity index (χ2v) is 5.75. The van der Waals surface area contributed by atoms with Crippen LogP contribution in [0, 0.1) is 0 Å². The van der Waals surface area contributed by atoms with Gasteiger partial charge < -0.3 is 15.4 Å². The molecule has 26 heavy (non-hydrogen) atoms. The van der Waals surface area contributed by atoms with Gasteiger partial charge in [-0.1, -0.05) is 0 Å². The highest BCUT2D eigenvalue weighted by Crippen LogP contribution is 2.32. The van der Waals surface area contributed by atoms with Gasteiger partial charge in [0.25, 0.3) is 11.8 Å². The number of imide groups is 1. The van der Waals surface area contributed by atoms with Crippen LogP contribution in [0.25, 0.3) is 16.6 Å². The summed E-state index contributed by atoms with van der Waals surface area (Å²) in [6, 6.07) is 3.60. The Hall–Kier alpha value is -3.26. The van der Waals surface area contributed by atoms with Crippen molar-refractivity contribution in [3.05, 3.63) is 47.4 Å². The predicted octanol–water partition coefficient (Wildman–Crippen LogP) is 0.372. The molecule has 0 atom stereocenters. The minimum atomic E-state index is -0.539. The van der Waals surface area contributed by atoms with Gasteiger partial charge in [0.05, 0.1) is 11.1 Å². The van der Waals surface area contributed by atoms with Crippen molar-refractivity contribution in [3.63, 3.8) is 0 Å². The van der Waals surface area contributed by atoms with Gasteiger partial charge in [-0.05, 0) is 24.6 Å². The first-order valence-corrected chi connectivity index (χ1v) is 8.11. The maximum Gasteiger partial charge on any atom is 0.261 e. The molecule has 0 unspecified atom stereocenters. The number of fused-ring (bicyclic) bond motifs is 1. The number of aromatic nitrogens is 2. The monoisotopic (exact) mass is 353 g/mol. The van der Waals surface area contributed by atoms with E-state index in [0.717, 1.165) is 5.39 Å². The minimum absolute atomic E-state index is 0.0425. The fourth-order valence-corrected chi connectivity index (χ4v) is 2.96. The molecular weight excluding hydrogens is 334 g/mol. The van der Waals surface area contributed by atoms with Crippen molar-refractivity contribution in [2.24, 2.45) is 10.7 Å². The fraction of sp³-hybridized carbons (Fsp3) is 0.222. The smallest absolute Gasteiger partial charge is 0.261 e. The molecule has 8 nitrogen and oxygen atoms in total. The van der Waals surface area contributed by atoms with Crippen molar-refractivity contribution in [2.45, 2.75) is 13.0 Å². The Morgan fingerprint density at radius 2 is 2.23 bits per heavy atom. The molecule has 3 rings (SSSR count). The first-order valence-electron chi connectivity index (χ1n) is 8.11. The lowest BCUT2D eigenvalue weighted by molar-refractivity contribution is -0.123. The number of rotatable bonds is 6. The van der Waals surface area contributed by atoms with Gasteiger partial charge in [0.1, 0.15) is 5.65 Å². The molecule has 0 spiro atoms. The summed E-state index contributed by atoms with van der Waals surface area (Å²) in [7, 11) is 1.58. The number of allylic oxidation sites excluding steroid dienone is 1. The number of aliphatic hydroxyl groups excluding tert-OH is 1. The average Bonchev–Trinajstić information content (AvgIpc) is 3.14. The van der Waals surface area contributed by atoms with Crippen molar-refractivity contribution in [2.75, 3.05) is 13.7 Å². The maximum absolute atomic E-state index is 12.5. The van der Waals surface area contributed by atoms with Gasteiger partial charge in [0.15, 0.2) is 0 Å². The van der Waals surface area contributed by atoms with Crippen molar-refractivity contribution in [3.8, 4) is 0 Å². The molecule has 0 bridgehead atoms. The van der Waals surface area contributed by atoms with Gasteiger partial charge in [0.2, 0.25) is 0 Å². The van der Waals surface area contributed by atoms with Gasteiger partial charge in [0, 0.05) is 55.5 Å². The summed E-state index contributed by atoms with van der Waals surface area (Å²) in [5.74, 6) is -1.04. The second-order valence-electron chi connectivity index (χ2n) is 5.75. The van der Waals surface area contributed by atoms with Gasteiger partial charge in [-0.2, -0.15) is 0 Å². The molecular formula is C18H19N5O3. The Balaban J connectivity index is 2.24. The third-order valence-electron chi connectivity index (χ3n) is 4.08. The molecule has 0 saturated carbocycles. The zero-order chi connectivity index (χ0) is 18.7. The van der Waals surface area contributed by atoms with E-state index in [1.54, 1.807) is 25.5 Å². The summed E-state index contributed by atoms with van der Waals surface area (Å²) < 4.78 is 1.86. The Morgan fingerprint density at radius 3 is 2.96 bits per heavy atom. The molecule has 2 aromatic rings. The number of hydrogen-bond acceptors (Lipinski definition) is 6.